The molecule has 1 aliphatic carbocycles. The summed E-state index contributed by atoms with van der Waals surface area (Å²) < 4.78 is 69.6. The lowest BCUT2D eigenvalue weighted by molar-refractivity contribution is 0.303. The molecule has 0 nitrogen and oxygen atoms in total. The van der Waals surface area contributed by atoms with E-state index in [0.29, 0.717) is 23.6 Å². The largest absolute Gasteiger partial charge is 0.206 e. The van der Waals surface area contributed by atoms with Gasteiger partial charge in [0.15, 0.2) is 11.6 Å². The molecule has 1 saturated carbocycles. The number of halogens is 5. The van der Waals surface area contributed by atoms with E-state index in [-0.39, 0.29) is 5.92 Å². The van der Waals surface area contributed by atoms with E-state index in [1.54, 1.807) is 0 Å². The molecule has 5 heteroatoms. The highest BCUT2D eigenvalue weighted by molar-refractivity contribution is 5.66. The molecule has 0 N–H and O–H groups in total. The maximum absolute atomic E-state index is 14.6. The monoisotopic (exact) mass is 382 g/mol. The molecular formula is C22H23F5. The highest BCUT2D eigenvalue weighted by Crippen LogP contribution is 2.40. The third-order valence-electron chi connectivity index (χ3n) is 5.63. The molecule has 0 radical (unpaired) electrons. The van der Waals surface area contributed by atoms with E-state index in [4.69, 9.17) is 0 Å². The van der Waals surface area contributed by atoms with E-state index >= 15 is 0 Å². The van der Waals surface area contributed by atoms with Gasteiger partial charge >= 0.3 is 0 Å². The Bertz CT molecular complexity index is 784. The zero-order valence-corrected chi connectivity index (χ0v) is 15.3. The van der Waals surface area contributed by atoms with Crippen molar-refractivity contribution < 1.29 is 22.0 Å². The lowest BCUT2D eigenvalue weighted by Gasteiger charge is -2.29. The average molecular weight is 382 g/mol. The minimum Gasteiger partial charge on any atom is -0.206 e. The molecule has 1 fully saturated rings. The zero-order chi connectivity index (χ0) is 19.6. The summed E-state index contributed by atoms with van der Waals surface area (Å²) in [5.74, 6) is -5.11. The van der Waals surface area contributed by atoms with Gasteiger partial charge in [0.05, 0.1) is 5.56 Å². The summed E-state index contributed by atoms with van der Waals surface area (Å²) in [7, 11) is 0. The lowest BCUT2D eigenvalue weighted by atomic mass is 9.77. The second kappa shape index (κ2) is 8.41. The first-order valence-corrected chi connectivity index (χ1v) is 9.54. The van der Waals surface area contributed by atoms with Crippen LogP contribution in [0.5, 0.6) is 0 Å². The molecule has 0 atom stereocenters. The van der Waals surface area contributed by atoms with Crippen LogP contribution in [0.15, 0.2) is 24.3 Å². The lowest BCUT2D eigenvalue weighted by Crippen LogP contribution is -2.14. The summed E-state index contributed by atoms with van der Waals surface area (Å²) in [4.78, 5) is 0. The van der Waals surface area contributed by atoms with Gasteiger partial charge in [-0.25, -0.2) is 22.0 Å². The summed E-state index contributed by atoms with van der Waals surface area (Å²) in [5.41, 5.74) is -0.726. The normalized spacial score (nSPS) is 20.1. The SMILES string of the molecule is CCCC[C@H]1CC[C@H](c2cc(F)c(-c3cc(F)c(F)cc3F)c(F)c2)CC1. The summed E-state index contributed by atoms with van der Waals surface area (Å²) >= 11 is 0. The molecule has 2 aromatic rings. The molecule has 0 aromatic heterocycles. The topological polar surface area (TPSA) is 0 Å². The molecular weight excluding hydrogens is 359 g/mol. The molecule has 0 spiro atoms. The van der Waals surface area contributed by atoms with Gasteiger partial charge in [0.2, 0.25) is 0 Å². The van der Waals surface area contributed by atoms with Crippen LogP contribution in [0, 0.1) is 35.0 Å². The van der Waals surface area contributed by atoms with Crippen LogP contribution in [0.1, 0.15) is 63.4 Å². The first-order valence-electron chi connectivity index (χ1n) is 9.54. The molecule has 3 rings (SSSR count). The van der Waals surface area contributed by atoms with Crippen molar-refractivity contribution in [1.29, 1.82) is 0 Å². The van der Waals surface area contributed by atoms with Gasteiger partial charge in [-0.15, -0.1) is 0 Å². The minimum atomic E-state index is -1.39. The van der Waals surface area contributed by atoms with Crippen LogP contribution in [0.25, 0.3) is 11.1 Å². The second-order valence-electron chi connectivity index (χ2n) is 7.47. The number of rotatable bonds is 5. The van der Waals surface area contributed by atoms with Crippen molar-refractivity contribution in [1.82, 2.24) is 0 Å². The van der Waals surface area contributed by atoms with Crippen molar-refractivity contribution >= 4 is 0 Å². The van der Waals surface area contributed by atoms with Gasteiger partial charge in [0.1, 0.15) is 17.5 Å². The van der Waals surface area contributed by atoms with Gasteiger partial charge in [0.25, 0.3) is 0 Å². The summed E-state index contributed by atoms with van der Waals surface area (Å²) in [6, 6.07) is 3.20. The van der Waals surface area contributed by atoms with Gasteiger partial charge in [-0.2, -0.15) is 0 Å². The van der Waals surface area contributed by atoms with Gasteiger partial charge in [-0.3, -0.25) is 0 Å². The molecule has 0 heterocycles. The van der Waals surface area contributed by atoms with Crippen LogP contribution in [-0.4, -0.2) is 0 Å². The first-order chi connectivity index (χ1) is 12.9. The maximum Gasteiger partial charge on any atom is 0.161 e. The molecule has 0 saturated heterocycles. The van der Waals surface area contributed by atoms with Gasteiger partial charge < -0.3 is 0 Å². The maximum atomic E-state index is 14.6. The molecule has 0 unspecified atom stereocenters. The van der Waals surface area contributed by atoms with Gasteiger partial charge in [-0.05, 0) is 61.3 Å². The standard InChI is InChI=1S/C22H23F5/c1-2-3-4-13-5-7-14(8-6-13)15-9-20(26)22(21(27)10-15)16-11-18(24)19(25)12-17(16)23/h9-14H,2-8H2,1H3/t13-,14-. The van der Waals surface area contributed by atoms with Crippen LogP contribution in [-0.2, 0) is 0 Å². The highest BCUT2D eigenvalue weighted by atomic mass is 19.2. The van der Waals surface area contributed by atoms with E-state index in [1.807, 2.05) is 0 Å². The van der Waals surface area contributed by atoms with E-state index in [2.05, 4.69) is 6.92 Å². The van der Waals surface area contributed by atoms with E-state index in [1.165, 1.54) is 31.4 Å². The summed E-state index contributed by atoms with van der Waals surface area (Å²) in [5, 5.41) is 0. The third kappa shape index (κ3) is 4.33. The van der Waals surface area contributed by atoms with Crippen molar-refractivity contribution in [3.8, 4) is 11.1 Å². The molecule has 0 amide bonds. The smallest absolute Gasteiger partial charge is 0.161 e. The Hall–Kier alpha value is -1.91. The van der Waals surface area contributed by atoms with Crippen molar-refractivity contribution in [3.63, 3.8) is 0 Å². The quantitative estimate of drug-likeness (QED) is 0.371. The number of unbranched alkanes of at least 4 members (excludes halogenated alkanes) is 1. The minimum absolute atomic E-state index is 0.0655. The van der Waals surface area contributed by atoms with E-state index in [9.17, 15) is 22.0 Å². The number of hydrogen-bond donors (Lipinski definition) is 0. The second-order valence-corrected chi connectivity index (χ2v) is 7.47. The Labute approximate surface area is 156 Å². The summed E-state index contributed by atoms with van der Waals surface area (Å²) in [6.07, 6.45) is 7.37. The number of benzene rings is 2. The molecule has 0 bridgehead atoms. The predicted octanol–water partition coefficient (Wildman–Crippen LogP) is 7.51. The molecule has 2 aromatic carbocycles. The van der Waals surface area contributed by atoms with E-state index in [0.717, 1.165) is 25.7 Å². The van der Waals surface area contributed by atoms with Crippen LogP contribution >= 0.6 is 0 Å². The van der Waals surface area contributed by atoms with Crippen LogP contribution in [0.4, 0.5) is 22.0 Å². The summed E-state index contributed by atoms with van der Waals surface area (Å²) in [6.45, 7) is 2.16. The van der Waals surface area contributed by atoms with Crippen LogP contribution < -0.4 is 0 Å². The van der Waals surface area contributed by atoms with Crippen molar-refractivity contribution in [3.05, 3.63) is 58.9 Å². The Morgan fingerprint density at radius 1 is 0.741 bits per heavy atom. The fourth-order valence-corrected chi connectivity index (χ4v) is 4.08. The van der Waals surface area contributed by atoms with Gasteiger partial charge in [0, 0.05) is 11.6 Å². The molecule has 27 heavy (non-hydrogen) atoms. The van der Waals surface area contributed by atoms with Crippen molar-refractivity contribution in [2.45, 2.75) is 57.8 Å². The fourth-order valence-electron chi connectivity index (χ4n) is 4.08. The Morgan fingerprint density at radius 2 is 1.33 bits per heavy atom. The number of hydrogen-bond acceptors (Lipinski definition) is 0. The van der Waals surface area contributed by atoms with Crippen LogP contribution in [0.3, 0.4) is 0 Å². The molecule has 146 valence electrons. The first kappa shape index (κ1) is 19.8. The van der Waals surface area contributed by atoms with E-state index < -0.39 is 40.2 Å². The van der Waals surface area contributed by atoms with Gasteiger partial charge in [-0.1, -0.05) is 26.2 Å². The molecule has 1 aliphatic rings. The average Bonchev–Trinajstić information content (AvgIpc) is 2.64. The molecule has 0 aliphatic heterocycles. The van der Waals surface area contributed by atoms with Crippen molar-refractivity contribution in [2.24, 2.45) is 5.92 Å². The highest BCUT2D eigenvalue weighted by Gasteiger charge is 2.25. The fraction of sp³-hybridized carbons (Fsp3) is 0.455. The van der Waals surface area contributed by atoms with Crippen LogP contribution in [0.2, 0.25) is 0 Å². The predicted molar refractivity (Wildman–Crippen MR) is 95.9 cm³/mol. The Morgan fingerprint density at radius 3 is 1.93 bits per heavy atom. The third-order valence-corrected chi connectivity index (χ3v) is 5.63. The Balaban J connectivity index is 1.83. The Kier molecular flexibility index (Phi) is 6.18. The zero-order valence-electron chi connectivity index (χ0n) is 15.3. The van der Waals surface area contributed by atoms with Crippen molar-refractivity contribution in [2.75, 3.05) is 0 Å².